The summed E-state index contributed by atoms with van der Waals surface area (Å²) in [6, 6.07) is 4.16. The Morgan fingerprint density at radius 2 is 2.05 bits per heavy atom. The lowest BCUT2D eigenvalue weighted by molar-refractivity contribution is -0.135. The summed E-state index contributed by atoms with van der Waals surface area (Å²) in [4.78, 5) is 25.1. The number of nitrogens with zero attached hydrogens (tertiary/aromatic N) is 1. The largest absolute Gasteiger partial charge is 0.345 e. The van der Waals surface area contributed by atoms with Crippen LogP contribution in [0.5, 0.6) is 0 Å². The fraction of sp³-hybridized carbons (Fsp3) is 0.429. The van der Waals surface area contributed by atoms with Crippen LogP contribution in [0, 0.1) is 5.82 Å². The highest BCUT2D eigenvalue weighted by Crippen LogP contribution is 2.34. The molecule has 1 aromatic rings. The van der Waals surface area contributed by atoms with Crippen molar-refractivity contribution in [1.29, 1.82) is 0 Å². The molecule has 0 aromatic heterocycles. The van der Waals surface area contributed by atoms with Gasteiger partial charge in [0.05, 0.1) is 12.2 Å². The average molecular weight is 279 g/mol. The zero-order valence-corrected chi connectivity index (χ0v) is 11.7. The second kappa shape index (κ2) is 4.86. The molecule has 6 heteroatoms. The molecule has 1 heterocycles. The van der Waals surface area contributed by atoms with Gasteiger partial charge in [-0.3, -0.25) is 14.9 Å². The van der Waals surface area contributed by atoms with E-state index in [1.54, 1.807) is 32.9 Å². The molecule has 1 aliphatic heterocycles. The topological polar surface area (TPSA) is 75.4 Å². The minimum Gasteiger partial charge on any atom is -0.345 e. The van der Waals surface area contributed by atoms with Crippen LogP contribution in [0.2, 0.25) is 0 Å². The van der Waals surface area contributed by atoms with Crippen molar-refractivity contribution in [2.24, 2.45) is 5.73 Å². The quantitative estimate of drug-likeness (QED) is 0.795. The van der Waals surface area contributed by atoms with E-state index in [2.05, 4.69) is 5.32 Å². The third-order valence-electron chi connectivity index (χ3n) is 3.56. The van der Waals surface area contributed by atoms with Gasteiger partial charge in [0.1, 0.15) is 11.4 Å². The van der Waals surface area contributed by atoms with E-state index in [1.165, 1.54) is 11.0 Å². The predicted molar refractivity (Wildman–Crippen MR) is 73.6 cm³/mol. The molecule has 0 aliphatic carbocycles. The first-order valence-electron chi connectivity index (χ1n) is 6.41. The first kappa shape index (κ1) is 14.5. The highest BCUT2D eigenvalue weighted by atomic mass is 19.1. The number of anilines is 1. The second-order valence-electron chi connectivity index (χ2n) is 5.49. The van der Waals surface area contributed by atoms with Gasteiger partial charge in [-0.1, -0.05) is 12.1 Å². The van der Waals surface area contributed by atoms with Crippen LogP contribution in [-0.4, -0.2) is 23.9 Å². The van der Waals surface area contributed by atoms with Crippen LogP contribution in [-0.2, 0) is 9.59 Å². The zero-order valence-electron chi connectivity index (χ0n) is 11.7. The van der Waals surface area contributed by atoms with Gasteiger partial charge < -0.3 is 10.6 Å². The van der Waals surface area contributed by atoms with E-state index in [4.69, 9.17) is 5.73 Å². The maximum Gasteiger partial charge on any atom is 0.251 e. The number of halogens is 1. The minimum absolute atomic E-state index is 0.0839. The van der Waals surface area contributed by atoms with Crippen molar-refractivity contribution in [3.63, 3.8) is 0 Å². The van der Waals surface area contributed by atoms with Crippen LogP contribution in [0.1, 0.15) is 32.4 Å². The Bertz CT molecular complexity index is 570. The van der Waals surface area contributed by atoms with Crippen LogP contribution >= 0.6 is 0 Å². The molecule has 1 saturated heterocycles. The monoisotopic (exact) mass is 279 g/mol. The highest BCUT2D eigenvalue weighted by molar-refractivity contribution is 6.06. The second-order valence-corrected chi connectivity index (χ2v) is 5.49. The van der Waals surface area contributed by atoms with Gasteiger partial charge in [0.25, 0.3) is 5.91 Å². The summed E-state index contributed by atoms with van der Waals surface area (Å²) in [6.45, 7) is 4.94. The van der Waals surface area contributed by atoms with Crippen LogP contribution in [0.15, 0.2) is 18.2 Å². The van der Waals surface area contributed by atoms with Crippen molar-refractivity contribution in [2.75, 3.05) is 11.4 Å². The number of piperazine rings is 1. The Morgan fingerprint density at radius 1 is 1.40 bits per heavy atom. The number of benzene rings is 1. The van der Waals surface area contributed by atoms with Crippen molar-refractivity contribution in [3.8, 4) is 0 Å². The van der Waals surface area contributed by atoms with Gasteiger partial charge in [-0.2, -0.15) is 0 Å². The molecule has 20 heavy (non-hydrogen) atoms. The number of carbonyl (C=O) groups is 2. The predicted octanol–water partition coefficient (Wildman–Crippen LogP) is 1.09. The third kappa shape index (κ3) is 2.27. The number of para-hydroxylation sites is 1. The summed E-state index contributed by atoms with van der Waals surface area (Å²) in [5.74, 6) is -1.39. The highest BCUT2D eigenvalue weighted by Gasteiger charge is 2.42. The van der Waals surface area contributed by atoms with Crippen molar-refractivity contribution < 1.29 is 14.0 Å². The van der Waals surface area contributed by atoms with Gasteiger partial charge in [0, 0.05) is 6.04 Å². The number of carbonyl (C=O) groups excluding carboxylic acids is 2. The summed E-state index contributed by atoms with van der Waals surface area (Å²) < 4.78 is 14.3. The first-order valence-corrected chi connectivity index (χ1v) is 6.41. The van der Waals surface area contributed by atoms with Crippen LogP contribution < -0.4 is 16.0 Å². The molecular formula is C14H18FN3O2. The lowest BCUT2D eigenvalue weighted by Gasteiger charge is -2.43. The average Bonchev–Trinajstić information content (AvgIpc) is 2.34. The number of nitrogens with two attached hydrogens (primary N) is 1. The summed E-state index contributed by atoms with van der Waals surface area (Å²) in [5, 5.41) is 2.26. The maximum atomic E-state index is 14.3. The van der Waals surface area contributed by atoms with E-state index in [-0.39, 0.29) is 12.2 Å². The van der Waals surface area contributed by atoms with Gasteiger partial charge in [-0.15, -0.1) is 0 Å². The zero-order chi connectivity index (χ0) is 15.1. The molecule has 1 aliphatic rings. The molecular weight excluding hydrogens is 261 g/mol. The number of imide groups is 1. The Morgan fingerprint density at radius 3 is 2.65 bits per heavy atom. The van der Waals surface area contributed by atoms with Gasteiger partial charge in [0.15, 0.2) is 0 Å². The lowest BCUT2D eigenvalue weighted by Crippen LogP contribution is -2.64. The SMILES string of the molecule is C[C@@H](N)c1cccc(F)c1N1CC(=O)NC(=O)C1(C)C. The number of nitrogens with one attached hydrogen (secondary N) is 1. The summed E-state index contributed by atoms with van der Waals surface area (Å²) >= 11 is 0. The molecule has 0 unspecified atom stereocenters. The fourth-order valence-electron chi connectivity index (χ4n) is 2.33. The Kier molecular flexibility index (Phi) is 3.52. The van der Waals surface area contributed by atoms with Crippen molar-refractivity contribution in [3.05, 3.63) is 29.6 Å². The van der Waals surface area contributed by atoms with E-state index in [9.17, 15) is 14.0 Å². The van der Waals surface area contributed by atoms with Gasteiger partial charge in [0.2, 0.25) is 5.91 Å². The normalized spacial score (nSPS) is 19.8. The molecule has 1 fully saturated rings. The minimum atomic E-state index is -1.03. The van der Waals surface area contributed by atoms with E-state index in [0.717, 1.165) is 0 Å². The number of hydrogen-bond acceptors (Lipinski definition) is 4. The molecule has 1 aromatic carbocycles. The first-order chi connectivity index (χ1) is 9.25. The van der Waals surface area contributed by atoms with Crippen molar-refractivity contribution in [1.82, 2.24) is 5.32 Å². The van der Waals surface area contributed by atoms with Gasteiger partial charge in [-0.05, 0) is 32.4 Å². The molecule has 108 valence electrons. The number of rotatable bonds is 2. The van der Waals surface area contributed by atoms with Crippen LogP contribution in [0.25, 0.3) is 0 Å². The fourth-order valence-corrected chi connectivity index (χ4v) is 2.33. The van der Waals surface area contributed by atoms with Crippen molar-refractivity contribution >= 4 is 17.5 Å². The Hall–Kier alpha value is -1.95. The molecule has 2 amide bonds. The number of hydrogen-bond donors (Lipinski definition) is 2. The standard InChI is InChI=1S/C14H18FN3O2/c1-8(16)9-5-4-6-10(15)12(9)18-7-11(19)17-13(20)14(18,2)3/h4-6,8H,7,16H2,1-3H3,(H,17,19,20)/t8-/m1/s1. The molecule has 5 nitrogen and oxygen atoms in total. The van der Waals surface area contributed by atoms with E-state index in [0.29, 0.717) is 5.56 Å². The van der Waals surface area contributed by atoms with Crippen LogP contribution in [0.4, 0.5) is 10.1 Å². The summed E-state index contributed by atoms with van der Waals surface area (Å²) in [5.41, 5.74) is 5.63. The summed E-state index contributed by atoms with van der Waals surface area (Å²) in [7, 11) is 0. The summed E-state index contributed by atoms with van der Waals surface area (Å²) in [6.07, 6.45) is 0. The van der Waals surface area contributed by atoms with E-state index < -0.39 is 29.2 Å². The van der Waals surface area contributed by atoms with E-state index >= 15 is 0 Å². The number of amides is 2. The van der Waals surface area contributed by atoms with Gasteiger partial charge >= 0.3 is 0 Å². The van der Waals surface area contributed by atoms with Gasteiger partial charge in [-0.25, -0.2) is 4.39 Å². The smallest absolute Gasteiger partial charge is 0.251 e. The molecule has 0 saturated carbocycles. The molecule has 1 atom stereocenters. The van der Waals surface area contributed by atoms with E-state index in [1.807, 2.05) is 0 Å². The van der Waals surface area contributed by atoms with Crippen molar-refractivity contribution in [2.45, 2.75) is 32.4 Å². The van der Waals surface area contributed by atoms with Crippen LogP contribution in [0.3, 0.4) is 0 Å². The molecule has 0 radical (unpaired) electrons. The molecule has 0 spiro atoms. The molecule has 0 bridgehead atoms. The lowest BCUT2D eigenvalue weighted by atomic mass is 9.95. The Balaban J connectivity index is 2.60. The molecule has 3 N–H and O–H groups in total. The maximum absolute atomic E-state index is 14.3. The Labute approximate surface area is 116 Å². The molecule has 2 rings (SSSR count). The third-order valence-corrected chi connectivity index (χ3v) is 3.56.